The van der Waals surface area contributed by atoms with Gasteiger partial charge in [0.05, 0.1) is 6.42 Å². The number of phenols is 1. The molecule has 0 aliphatic rings. The fourth-order valence-electron chi connectivity index (χ4n) is 1.05. The quantitative estimate of drug-likeness (QED) is 0.678. The highest BCUT2D eigenvalue weighted by atomic mass is 16.3. The van der Waals surface area contributed by atoms with Crippen LogP contribution < -0.4 is 5.73 Å². The maximum absolute atomic E-state index is 10.6. The number of hydrogen-bond donors (Lipinski definition) is 2. The van der Waals surface area contributed by atoms with Gasteiger partial charge < -0.3 is 10.8 Å². The second-order valence-electron chi connectivity index (χ2n) is 2.70. The number of rotatable bonds is 2. The number of primary amides is 1. The van der Waals surface area contributed by atoms with Crippen molar-refractivity contribution in [2.45, 2.75) is 13.3 Å². The molecule has 1 rings (SSSR count). The summed E-state index contributed by atoms with van der Waals surface area (Å²) < 4.78 is 0. The van der Waals surface area contributed by atoms with E-state index in [9.17, 15) is 9.90 Å². The Morgan fingerprint density at radius 2 is 2.25 bits per heavy atom. The molecule has 0 bridgehead atoms. The molecule has 0 saturated heterocycles. The van der Waals surface area contributed by atoms with Gasteiger partial charge >= 0.3 is 0 Å². The molecule has 3 heteroatoms. The number of aromatic hydroxyl groups is 1. The zero-order valence-electron chi connectivity index (χ0n) is 6.87. The fourth-order valence-corrected chi connectivity index (χ4v) is 1.05. The lowest BCUT2D eigenvalue weighted by atomic mass is 10.0. The zero-order valence-corrected chi connectivity index (χ0v) is 6.87. The second-order valence-corrected chi connectivity index (χ2v) is 2.70. The summed E-state index contributed by atoms with van der Waals surface area (Å²) in [6.45, 7) is 1.76. The standard InChI is InChI=1S/C9H11NO2/c1-6-7(5-9(10)12)3-2-4-8(6)11/h2-4,11H,5H2,1H3,(H2,10,12). The summed E-state index contributed by atoms with van der Waals surface area (Å²) in [5, 5.41) is 9.26. The lowest BCUT2D eigenvalue weighted by molar-refractivity contribution is -0.117. The highest BCUT2D eigenvalue weighted by molar-refractivity contribution is 5.77. The third-order valence-corrected chi connectivity index (χ3v) is 1.78. The van der Waals surface area contributed by atoms with Gasteiger partial charge in [0.25, 0.3) is 0 Å². The van der Waals surface area contributed by atoms with Gasteiger partial charge in [-0.3, -0.25) is 4.79 Å². The molecule has 0 radical (unpaired) electrons. The molecule has 1 amide bonds. The van der Waals surface area contributed by atoms with Crippen molar-refractivity contribution >= 4 is 5.91 Å². The minimum atomic E-state index is -0.385. The SMILES string of the molecule is Cc1c(O)cccc1CC(N)=O. The van der Waals surface area contributed by atoms with Crippen molar-refractivity contribution in [1.82, 2.24) is 0 Å². The molecule has 0 aliphatic heterocycles. The van der Waals surface area contributed by atoms with Crippen LogP contribution in [0.3, 0.4) is 0 Å². The third kappa shape index (κ3) is 1.75. The van der Waals surface area contributed by atoms with Crippen molar-refractivity contribution in [3.63, 3.8) is 0 Å². The molecule has 0 aliphatic carbocycles. The summed E-state index contributed by atoms with van der Waals surface area (Å²) in [7, 11) is 0. The number of nitrogens with two attached hydrogens (primary N) is 1. The van der Waals surface area contributed by atoms with Gasteiger partial charge in [0, 0.05) is 0 Å². The molecule has 1 aromatic carbocycles. The Balaban J connectivity index is 3.00. The summed E-state index contributed by atoms with van der Waals surface area (Å²) in [4.78, 5) is 10.6. The molecular formula is C9H11NO2. The van der Waals surface area contributed by atoms with Crippen molar-refractivity contribution in [2.24, 2.45) is 5.73 Å². The van der Waals surface area contributed by atoms with Crippen LogP contribution in [0.4, 0.5) is 0 Å². The van der Waals surface area contributed by atoms with Crippen molar-refractivity contribution in [1.29, 1.82) is 0 Å². The summed E-state index contributed by atoms with van der Waals surface area (Å²) in [6, 6.07) is 5.06. The molecule has 0 unspecified atom stereocenters. The van der Waals surface area contributed by atoms with E-state index in [1.165, 1.54) is 0 Å². The summed E-state index contributed by atoms with van der Waals surface area (Å²) >= 11 is 0. The molecule has 0 saturated carbocycles. The zero-order chi connectivity index (χ0) is 9.14. The van der Waals surface area contributed by atoms with Crippen molar-refractivity contribution in [3.8, 4) is 5.75 Å². The molecule has 1 aromatic rings. The fraction of sp³-hybridized carbons (Fsp3) is 0.222. The van der Waals surface area contributed by atoms with Gasteiger partial charge in [-0.2, -0.15) is 0 Å². The van der Waals surface area contributed by atoms with E-state index in [4.69, 9.17) is 5.73 Å². The van der Waals surface area contributed by atoms with Crippen LogP contribution in [0, 0.1) is 6.92 Å². The van der Waals surface area contributed by atoms with Crippen LogP contribution in [0.25, 0.3) is 0 Å². The molecule has 0 aromatic heterocycles. The number of carbonyl (C=O) groups is 1. The molecule has 12 heavy (non-hydrogen) atoms. The van der Waals surface area contributed by atoms with Gasteiger partial charge in [-0.15, -0.1) is 0 Å². The van der Waals surface area contributed by atoms with Crippen molar-refractivity contribution in [3.05, 3.63) is 29.3 Å². The predicted octanol–water partition coefficient (Wildman–Crippen LogP) is 0.728. The van der Waals surface area contributed by atoms with Gasteiger partial charge in [-0.05, 0) is 24.1 Å². The number of amides is 1. The average Bonchev–Trinajstić information content (AvgIpc) is 1.98. The topological polar surface area (TPSA) is 63.3 Å². The number of phenolic OH excluding ortho intramolecular Hbond substituents is 1. The van der Waals surface area contributed by atoms with Gasteiger partial charge in [0.2, 0.25) is 5.91 Å². The third-order valence-electron chi connectivity index (χ3n) is 1.78. The second kappa shape index (κ2) is 3.26. The van der Waals surface area contributed by atoms with Gasteiger partial charge in [0.15, 0.2) is 0 Å². The van der Waals surface area contributed by atoms with Crippen LogP contribution in [-0.2, 0) is 11.2 Å². The summed E-state index contributed by atoms with van der Waals surface area (Å²) in [5.41, 5.74) is 6.52. The van der Waals surface area contributed by atoms with Gasteiger partial charge in [-0.25, -0.2) is 0 Å². The maximum atomic E-state index is 10.6. The highest BCUT2D eigenvalue weighted by Gasteiger charge is 2.04. The molecule has 64 valence electrons. The molecule has 3 nitrogen and oxygen atoms in total. The first-order valence-corrected chi connectivity index (χ1v) is 3.67. The Morgan fingerprint density at radius 1 is 1.58 bits per heavy atom. The van der Waals surface area contributed by atoms with E-state index in [0.29, 0.717) is 0 Å². The minimum Gasteiger partial charge on any atom is -0.508 e. The van der Waals surface area contributed by atoms with E-state index in [1.54, 1.807) is 25.1 Å². The van der Waals surface area contributed by atoms with Gasteiger partial charge in [0.1, 0.15) is 5.75 Å². The molecule has 3 N–H and O–H groups in total. The maximum Gasteiger partial charge on any atom is 0.221 e. The Bertz CT molecular complexity index is 307. The number of hydrogen-bond acceptors (Lipinski definition) is 2. The van der Waals surface area contributed by atoms with Crippen LogP contribution in [0.1, 0.15) is 11.1 Å². The van der Waals surface area contributed by atoms with E-state index in [2.05, 4.69) is 0 Å². The highest BCUT2D eigenvalue weighted by Crippen LogP contribution is 2.19. The lowest BCUT2D eigenvalue weighted by Crippen LogP contribution is -2.14. The Labute approximate surface area is 70.8 Å². The van der Waals surface area contributed by atoms with E-state index < -0.39 is 0 Å². The molecule has 0 spiro atoms. The predicted molar refractivity (Wildman–Crippen MR) is 45.7 cm³/mol. The largest absolute Gasteiger partial charge is 0.508 e. The van der Waals surface area contributed by atoms with Crippen molar-refractivity contribution in [2.75, 3.05) is 0 Å². The average molecular weight is 165 g/mol. The molecule has 0 fully saturated rings. The lowest BCUT2D eigenvalue weighted by Gasteiger charge is -2.04. The van der Waals surface area contributed by atoms with E-state index >= 15 is 0 Å². The Morgan fingerprint density at radius 3 is 2.83 bits per heavy atom. The van der Waals surface area contributed by atoms with Crippen LogP contribution in [0.5, 0.6) is 5.75 Å². The molecular weight excluding hydrogens is 154 g/mol. The normalized spacial score (nSPS) is 9.75. The minimum absolute atomic E-state index is 0.181. The summed E-state index contributed by atoms with van der Waals surface area (Å²) in [5.74, 6) is -0.183. The Kier molecular flexibility index (Phi) is 2.33. The van der Waals surface area contributed by atoms with Crippen LogP contribution in [-0.4, -0.2) is 11.0 Å². The first-order valence-electron chi connectivity index (χ1n) is 3.67. The first-order chi connectivity index (χ1) is 5.61. The molecule has 0 atom stereocenters. The monoisotopic (exact) mass is 165 g/mol. The van der Waals surface area contributed by atoms with Crippen LogP contribution in [0.2, 0.25) is 0 Å². The Hall–Kier alpha value is -1.51. The molecule has 0 heterocycles. The van der Waals surface area contributed by atoms with Crippen LogP contribution in [0.15, 0.2) is 18.2 Å². The van der Waals surface area contributed by atoms with E-state index in [-0.39, 0.29) is 18.1 Å². The summed E-state index contributed by atoms with van der Waals surface area (Å²) in [6.07, 6.45) is 0.181. The van der Waals surface area contributed by atoms with Gasteiger partial charge in [-0.1, -0.05) is 12.1 Å². The van der Waals surface area contributed by atoms with Crippen LogP contribution >= 0.6 is 0 Å². The smallest absolute Gasteiger partial charge is 0.221 e. The number of benzene rings is 1. The number of carbonyl (C=O) groups excluding carboxylic acids is 1. The van der Waals surface area contributed by atoms with E-state index in [1.807, 2.05) is 0 Å². The van der Waals surface area contributed by atoms with Crippen molar-refractivity contribution < 1.29 is 9.90 Å². The van der Waals surface area contributed by atoms with E-state index in [0.717, 1.165) is 11.1 Å². The first kappa shape index (κ1) is 8.59.